The number of thiazole rings is 1. The van der Waals surface area contributed by atoms with E-state index in [0.717, 1.165) is 22.7 Å². The van der Waals surface area contributed by atoms with Crippen LogP contribution in [0.4, 0.5) is 4.79 Å². The lowest BCUT2D eigenvalue weighted by atomic mass is 10.1. The van der Waals surface area contributed by atoms with E-state index < -0.39 is 11.7 Å². The third kappa shape index (κ3) is 7.38. The first-order chi connectivity index (χ1) is 12.8. The van der Waals surface area contributed by atoms with Gasteiger partial charge in [-0.05, 0) is 39.2 Å². The smallest absolute Gasteiger partial charge is 0.408 e. The molecule has 1 atom stereocenters. The maximum atomic E-state index is 12.4. The minimum Gasteiger partial charge on any atom is -0.444 e. The molecule has 1 aromatic heterocycles. The van der Waals surface area contributed by atoms with Gasteiger partial charge >= 0.3 is 6.09 Å². The van der Waals surface area contributed by atoms with Gasteiger partial charge in [0.15, 0.2) is 0 Å². The number of hydrogen-bond donors (Lipinski definition) is 2. The highest BCUT2D eigenvalue weighted by Gasteiger charge is 2.20. The Morgan fingerprint density at radius 3 is 2.52 bits per heavy atom. The first kappa shape index (κ1) is 20.9. The Morgan fingerprint density at radius 1 is 1.22 bits per heavy atom. The van der Waals surface area contributed by atoms with Crippen molar-refractivity contribution in [2.45, 2.75) is 52.2 Å². The molecule has 2 rings (SSSR count). The van der Waals surface area contributed by atoms with Crippen LogP contribution in [0, 0.1) is 0 Å². The molecule has 0 saturated carbocycles. The molecule has 0 spiro atoms. The summed E-state index contributed by atoms with van der Waals surface area (Å²) in [5.74, 6) is -0.282. The summed E-state index contributed by atoms with van der Waals surface area (Å²) in [6.07, 6.45) is 0.873. The van der Waals surface area contributed by atoms with E-state index in [-0.39, 0.29) is 18.5 Å². The zero-order chi connectivity index (χ0) is 19.9. The van der Waals surface area contributed by atoms with E-state index in [9.17, 15) is 9.59 Å². The largest absolute Gasteiger partial charge is 0.444 e. The molecular formula is C20H27N3O3S. The van der Waals surface area contributed by atoms with E-state index in [4.69, 9.17) is 4.74 Å². The molecule has 2 N–H and O–H groups in total. The zero-order valence-corrected chi connectivity index (χ0v) is 17.1. The number of aromatic nitrogens is 1. The van der Waals surface area contributed by atoms with Crippen molar-refractivity contribution in [3.63, 3.8) is 0 Å². The molecule has 0 aliphatic rings. The van der Waals surface area contributed by atoms with Gasteiger partial charge in [-0.2, -0.15) is 0 Å². The van der Waals surface area contributed by atoms with Gasteiger partial charge in [0, 0.05) is 5.38 Å². The fraction of sp³-hybridized carbons (Fsp3) is 0.450. The molecule has 2 amide bonds. The van der Waals surface area contributed by atoms with Gasteiger partial charge in [-0.3, -0.25) is 4.79 Å². The van der Waals surface area contributed by atoms with Crippen LogP contribution in [0.5, 0.6) is 0 Å². The Kier molecular flexibility index (Phi) is 7.36. The number of rotatable bonds is 7. The van der Waals surface area contributed by atoms with E-state index in [1.165, 1.54) is 11.3 Å². The second kappa shape index (κ2) is 9.50. The van der Waals surface area contributed by atoms with Crippen molar-refractivity contribution in [1.29, 1.82) is 0 Å². The van der Waals surface area contributed by atoms with Crippen LogP contribution in [-0.4, -0.2) is 29.1 Å². The van der Waals surface area contributed by atoms with Crippen LogP contribution in [0.2, 0.25) is 0 Å². The second-order valence-electron chi connectivity index (χ2n) is 7.20. The molecular weight excluding hydrogens is 362 g/mol. The number of hydrogen-bond acceptors (Lipinski definition) is 5. The van der Waals surface area contributed by atoms with Crippen molar-refractivity contribution >= 4 is 23.3 Å². The molecule has 0 bridgehead atoms. The van der Waals surface area contributed by atoms with Gasteiger partial charge in [-0.15, -0.1) is 11.3 Å². The Morgan fingerprint density at radius 2 is 1.93 bits per heavy atom. The number of ether oxygens (including phenoxy) is 1. The fourth-order valence-electron chi connectivity index (χ4n) is 2.41. The van der Waals surface area contributed by atoms with Gasteiger partial charge in [-0.1, -0.05) is 37.3 Å². The Bertz CT molecular complexity index is 753. The monoisotopic (exact) mass is 389 g/mol. The molecule has 6 nitrogen and oxygen atoms in total. The van der Waals surface area contributed by atoms with Gasteiger partial charge in [0.25, 0.3) is 0 Å². The van der Waals surface area contributed by atoms with Crippen LogP contribution in [0.15, 0.2) is 35.7 Å². The second-order valence-corrected chi connectivity index (χ2v) is 8.09. The summed E-state index contributed by atoms with van der Waals surface area (Å²) in [4.78, 5) is 28.7. The minimum atomic E-state index is -0.611. The van der Waals surface area contributed by atoms with Crippen molar-refractivity contribution < 1.29 is 14.3 Å². The number of aryl methyl sites for hydroxylation is 1. The lowest BCUT2D eigenvalue weighted by Gasteiger charge is -2.20. The predicted octanol–water partition coefficient (Wildman–Crippen LogP) is 3.63. The predicted molar refractivity (Wildman–Crippen MR) is 107 cm³/mol. The fourth-order valence-corrected chi connectivity index (χ4v) is 3.36. The Balaban J connectivity index is 2.00. The molecule has 27 heavy (non-hydrogen) atoms. The van der Waals surface area contributed by atoms with Crippen LogP contribution in [0.1, 0.15) is 50.0 Å². The summed E-state index contributed by atoms with van der Waals surface area (Å²) in [5, 5.41) is 8.34. The topological polar surface area (TPSA) is 80.3 Å². The number of nitrogens with one attached hydrogen (secondary N) is 2. The molecule has 146 valence electrons. The molecule has 0 aliphatic carbocycles. The SMILES string of the molecule is CCc1csc(C(Cc2ccccc2)NC(=O)CNC(=O)OC(C)(C)C)n1. The van der Waals surface area contributed by atoms with Crippen LogP contribution < -0.4 is 10.6 Å². The van der Waals surface area contributed by atoms with Crippen molar-refractivity contribution in [2.24, 2.45) is 0 Å². The minimum absolute atomic E-state index is 0.147. The normalized spacial score (nSPS) is 12.3. The van der Waals surface area contributed by atoms with E-state index in [1.54, 1.807) is 20.8 Å². The lowest BCUT2D eigenvalue weighted by Crippen LogP contribution is -2.41. The molecule has 0 saturated heterocycles. The van der Waals surface area contributed by atoms with Crippen LogP contribution in [0.3, 0.4) is 0 Å². The average Bonchev–Trinajstić information content (AvgIpc) is 3.08. The van der Waals surface area contributed by atoms with Crippen LogP contribution in [-0.2, 0) is 22.4 Å². The lowest BCUT2D eigenvalue weighted by molar-refractivity contribution is -0.121. The third-order valence-corrected chi connectivity index (χ3v) is 4.65. The van der Waals surface area contributed by atoms with Crippen LogP contribution >= 0.6 is 11.3 Å². The highest BCUT2D eigenvalue weighted by Crippen LogP contribution is 2.22. The molecule has 0 radical (unpaired) electrons. The molecule has 1 heterocycles. The van der Waals surface area contributed by atoms with Crippen molar-refractivity contribution in [3.05, 3.63) is 52.0 Å². The summed E-state index contributed by atoms with van der Waals surface area (Å²) in [6, 6.07) is 9.69. The summed E-state index contributed by atoms with van der Waals surface area (Å²) >= 11 is 1.54. The van der Waals surface area contributed by atoms with Crippen molar-refractivity contribution in [3.8, 4) is 0 Å². The summed E-state index contributed by atoms with van der Waals surface area (Å²) in [6.45, 7) is 7.23. The van der Waals surface area contributed by atoms with Crippen LogP contribution in [0.25, 0.3) is 0 Å². The standard InChI is InChI=1S/C20H27N3O3S/c1-5-15-13-27-18(22-15)16(11-14-9-7-6-8-10-14)23-17(24)12-21-19(25)26-20(2,3)4/h6-10,13,16H,5,11-12H2,1-4H3,(H,21,25)(H,23,24). The summed E-state index contributed by atoms with van der Waals surface area (Å²) < 4.78 is 5.15. The number of alkyl carbamates (subject to hydrolysis) is 1. The third-order valence-electron chi connectivity index (χ3n) is 3.64. The number of amides is 2. The maximum absolute atomic E-state index is 12.4. The average molecular weight is 390 g/mol. The number of nitrogens with zero attached hydrogens (tertiary/aromatic N) is 1. The van der Waals surface area contributed by atoms with E-state index in [0.29, 0.717) is 6.42 Å². The van der Waals surface area contributed by atoms with Gasteiger partial charge in [0.2, 0.25) is 5.91 Å². The zero-order valence-electron chi connectivity index (χ0n) is 16.2. The molecule has 2 aromatic rings. The summed E-state index contributed by atoms with van der Waals surface area (Å²) in [5.41, 5.74) is 1.51. The molecule has 1 aromatic carbocycles. The molecule has 0 aliphatic heterocycles. The summed E-state index contributed by atoms with van der Waals surface area (Å²) in [7, 11) is 0. The molecule has 0 fully saturated rings. The van der Waals surface area contributed by atoms with Gasteiger partial charge in [0.1, 0.15) is 17.2 Å². The van der Waals surface area contributed by atoms with Crippen molar-refractivity contribution in [1.82, 2.24) is 15.6 Å². The number of carbonyl (C=O) groups is 2. The maximum Gasteiger partial charge on any atom is 0.408 e. The first-order valence-electron chi connectivity index (χ1n) is 9.01. The van der Waals surface area contributed by atoms with Gasteiger partial charge in [0.05, 0.1) is 11.7 Å². The first-order valence-corrected chi connectivity index (χ1v) is 9.89. The van der Waals surface area contributed by atoms with Gasteiger partial charge in [-0.25, -0.2) is 9.78 Å². The Hall–Kier alpha value is -2.41. The van der Waals surface area contributed by atoms with E-state index >= 15 is 0 Å². The van der Waals surface area contributed by atoms with E-state index in [1.807, 2.05) is 42.6 Å². The molecule has 7 heteroatoms. The molecule has 1 unspecified atom stereocenters. The Labute approximate surface area is 164 Å². The number of benzene rings is 1. The number of carbonyl (C=O) groups excluding carboxylic acids is 2. The van der Waals surface area contributed by atoms with Gasteiger partial charge < -0.3 is 15.4 Å². The highest BCUT2D eigenvalue weighted by molar-refractivity contribution is 7.09. The van der Waals surface area contributed by atoms with E-state index in [2.05, 4.69) is 15.6 Å². The highest BCUT2D eigenvalue weighted by atomic mass is 32.1. The quantitative estimate of drug-likeness (QED) is 0.758. The van der Waals surface area contributed by atoms with Crippen molar-refractivity contribution in [2.75, 3.05) is 6.54 Å².